The lowest BCUT2D eigenvalue weighted by molar-refractivity contribution is -0.122. The van der Waals surface area contributed by atoms with Crippen molar-refractivity contribution >= 4 is 11.6 Å². The first-order valence-electron chi connectivity index (χ1n) is 10.5. The van der Waals surface area contributed by atoms with Crippen LogP contribution in [0.15, 0.2) is 35.7 Å². The number of phenols is 1. The van der Waals surface area contributed by atoms with E-state index >= 15 is 0 Å². The summed E-state index contributed by atoms with van der Waals surface area (Å²) >= 11 is 0. The van der Waals surface area contributed by atoms with Gasteiger partial charge in [0.15, 0.2) is 0 Å². The molecule has 5 rings (SSSR count). The average Bonchev–Trinajstić information content (AvgIpc) is 2.94. The van der Waals surface area contributed by atoms with Gasteiger partial charge in [-0.15, -0.1) is 0 Å². The number of carbonyl (C=O) groups excluding carboxylic acids is 1. The lowest BCUT2D eigenvalue weighted by Gasteiger charge is -2.44. The molecule has 0 unspecified atom stereocenters. The molecule has 158 valence electrons. The summed E-state index contributed by atoms with van der Waals surface area (Å²) in [7, 11) is 0. The van der Waals surface area contributed by atoms with Gasteiger partial charge in [-0.25, -0.2) is 0 Å². The van der Waals surface area contributed by atoms with Gasteiger partial charge in [0.25, 0.3) is 0 Å². The molecule has 3 N–H and O–H groups in total. The van der Waals surface area contributed by atoms with Crippen molar-refractivity contribution < 1.29 is 14.6 Å². The van der Waals surface area contributed by atoms with Crippen LogP contribution in [-0.2, 0) is 10.2 Å². The highest BCUT2D eigenvalue weighted by Crippen LogP contribution is 2.62. The number of hydrogen-bond acceptors (Lipinski definition) is 5. The van der Waals surface area contributed by atoms with E-state index in [-0.39, 0.29) is 29.0 Å². The van der Waals surface area contributed by atoms with Crippen molar-refractivity contribution in [3.05, 3.63) is 63.5 Å². The van der Waals surface area contributed by atoms with E-state index in [4.69, 9.17) is 10.5 Å². The molecule has 6 nitrogen and oxygen atoms in total. The number of anilines is 1. The number of carbonyl (C=O) groups is 1. The first kappa shape index (κ1) is 19.5. The Balaban J connectivity index is 2.02. The molecule has 0 fully saturated rings. The summed E-state index contributed by atoms with van der Waals surface area (Å²) in [4.78, 5) is 16.3. The Hall–Kier alpha value is -3.46. The number of amides is 1. The van der Waals surface area contributed by atoms with Gasteiger partial charge in [-0.05, 0) is 68.9 Å². The van der Waals surface area contributed by atoms with Crippen LogP contribution in [0, 0.1) is 25.2 Å². The van der Waals surface area contributed by atoms with E-state index in [0.29, 0.717) is 11.3 Å². The van der Waals surface area contributed by atoms with Crippen molar-refractivity contribution in [3.8, 4) is 17.6 Å². The van der Waals surface area contributed by atoms with Gasteiger partial charge in [-0.3, -0.25) is 4.79 Å². The Morgan fingerprint density at radius 1 is 1.29 bits per heavy atom. The molecule has 0 aromatic heterocycles. The first-order chi connectivity index (χ1) is 14.6. The quantitative estimate of drug-likeness (QED) is 0.677. The lowest BCUT2D eigenvalue weighted by atomic mass is 9.66. The third-order valence-corrected chi connectivity index (χ3v) is 7.24. The molecular weight excluding hydrogens is 390 g/mol. The van der Waals surface area contributed by atoms with Crippen molar-refractivity contribution in [2.24, 2.45) is 5.73 Å². The fourth-order valence-electron chi connectivity index (χ4n) is 5.92. The number of nitriles is 1. The van der Waals surface area contributed by atoms with Crippen LogP contribution in [0.2, 0.25) is 0 Å². The van der Waals surface area contributed by atoms with E-state index in [9.17, 15) is 15.2 Å². The number of fused-ring (bicyclic) bond motifs is 3. The smallest absolute Gasteiger partial charge is 0.248 e. The molecule has 0 saturated heterocycles. The summed E-state index contributed by atoms with van der Waals surface area (Å²) < 4.78 is 5.73. The molecule has 0 saturated carbocycles. The maximum absolute atomic E-state index is 14.5. The molecule has 6 heteroatoms. The van der Waals surface area contributed by atoms with Crippen LogP contribution in [0.4, 0.5) is 5.69 Å². The summed E-state index contributed by atoms with van der Waals surface area (Å²) in [6, 6.07) is 9.02. The third kappa shape index (κ3) is 2.13. The maximum atomic E-state index is 14.5. The Bertz CT molecular complexity index is 1270. The summed E-state index contributed by atoms with van der Waals surface area (Å²) in [5.74, 6) is 0.265. The van der Waals surface area contributed by atoms with Crippen LogP contribution in [0.5, 0.6) is 11.5 Å². The zero-order chi connectivity index (χ0) is 22.5. The number of rotatable bonds is 0. The van der Waals surface area contributed by atoms with E-state index < -0.39 is 11.0 Å². The minimum atomic E-state index is -1.40. The third-order valence-electron chi connectivity index (χ3n) is 7.24. The van der Waals surface area contributed by atoms with Crippen molar-refractivity contribution in [2.75, 3.05) is 4.90 Å². The Morgan fingerprint density at radius 2 is 2.00 bits per heavy atom. The Morgan fingerprint density at radius 3 is 2.68 bits per heavy atom. The number of hydrogen-bond donors (Lipinski definition) is 2. The molecule has 0 bridgehead atoms. The fraction of sp³-hybridized carbons (Fsp3) is 0.360. The Labute approximate surface area is 181 Å². The van der Waals surface area contributed by atoms with Crippen LogP contribution in [0.3, 0.4) is 0 Å². The minimum Gasteiger partial charge on any atom is -0.508 e. The molecule has 0 radical (unpaired) electrons. The largest absolute Gasteiger partial charge is 0.508 e. The minimum absolute atomic E-state index is 0.00422. The van der Waals surface area contributed by atoms with E-state index in [1.165, 1.54) is 12.1 Å². The number of nitrogens with zero attached hydrogens (tertiary/aromatic N) is 2. The number of benzene rings is 2. The summed E-state index contributed by atoms with van der Waals surface area (Å²) in [6.07, 6.45) is 0.809. The predicted molar refractivity (Wildman–Crippen MR) is 117 cm³/mol. The van der Waals surface area contributed by atoms with E-state index in [0.717, 1.165) is 34.4 Å². The summed E-state index contributed by atoms with van der Waals surface area (Å²) in [5.41, 5.74) is 9.87. The van der Waals surface area contributed by atoms with Gasteiger partial charge in [-0.2, -0.15) is 5.26 Å². The second-order valence-electron chi connectivity index (χ2n) is 9.57. The molecular formula is C25H25N3O3. The van der Waals surface area contributed by atoms with Crippen LogP contribution >= 0.6 is 0 Å². The number of phenolic OH excluding ortho intramolecular Hbond substituents is 1. The second-order valence-corrected chi connectivity index (χ2v) is 9.57. The van der Waals surface area contributed by atoms with E-state index in [2.05, 4.69) is 32.9 Å². The highest BCUT2D eigenvalue weighted by Gasteiger charge is 2.63. The highest BCUT2D eigenvalue weighted by atomic mass is 16.5. The van der Waals surface area contributed by atoms with Gasteiger partial charge in [0.05, 0.1) is 5.69 Å². The van der Waals surface area contributed by atoms with Crippen LogP contribution in [-0.4, -0.2) is 16.6 Å². The number of ether oxygens (including phenoxy) is 1. The molecule has 1 spiro atoms. The van der Waals surface area contributed by atoms with Crippen molar-refractivity contribution in [1.29, 1.82) is 5.26 Å². The van der Waals surface area contributed by atoms with Crippen LogP contribution in [0.25, 0.3) is 0 Å². The summed E-state index contributed by atoms with van der Waals surface area (Å²) in [5, 5.41) is 20.3. The normalized spacial score (nSPS) is 25.2. The van der Waals surface area contributed by atoms with Gasteiger partial charge in [-0.1, -0.05) is 13.0 Å². The second kappa shape index (κ2) is 5.82. The molecule has 3 aliphatic rings. The zero-order valence-electron chi connectivity index (χ0n) is 18.3. The highest BCUT2D eigenvalue weighted by molar-refractivity contribution is 6.16. The average molecular weight is 415 g/mol. The van der Waals surface area contributed by atoms with Gasteiger partial charge in [0.2, 0.25) is 11.8 Å². The zero-order valence-corrected chi connectivity index (χ0v) is 18.3. The van der Waals surface area contributed by atoms with Crippen LogP contribution < -0.4 is 15.4 Å². The fourth-order valence-corrected chi connectivity index (χ4v) is 5.92. The van der Waals surface area contributed by atoms with Crippen molar-refractivity contribution in [1.82, 2.24) is 0 Å². The molecule has 3 aliphatic heterocycles. The predicted octanol–water partition coefficient (Wildman–Crippen LogP) is 4.01. The van der Waals surface area contributed by atoms with E-state index in [1.54, 1.807) is 6.07 Å². The van der Waals surface area contributed by atoms with Gasteiger partial charge in [0, 0.05) is 22.7 Å². The van der Waals surface area contributed by atoms with Gasteiger partial charge >= 0.3 is 0 Å². The summed E-state index contributed by atoms with van der Waals surface area (Å²) in [6.45, 7) is 10.4. The maximum Gasteiger partial charge on any atom is 0.248 e. The van der Waals surface area contributed by atoms with Crippen molar-refractivity contribution in [3.63, 3.8) is 0 Å². The van der Waals surface area contributed by atoms with Gasteiger partial charge in [0.1, 0.15) is 28.6 Å². The molecule has 2 atom stereocenters. The lowest BCUT2D eigenvalue weighted by Crippen LogP contribution is -2.54. The number of aryl methyl sites for hydroxylation is 1. The monoisotopic (exact) mass is 415 g/mol. The standard InChI is InChI=1S/C25H25N3O3/c1-12-8-16-13(2)10-24(4,5)28-21(16)20(14(12)3)25(23(28)30)17-7-6-15(29)9-19(17)31-22(27)18(25)11-26/h6-9,13,29H,10,27H2,1-5H3/t13-,25-/m0/s1. The Kier molecular flexibility index (Phi) is 3.66. The molecule has 2 aromatic rings. The SMILES string of the molecule is Cc1cc2c3c(c1C)[C@@]1(C(=O)N3C(C)(C)C[C@@H]2C)C(C#N)=C(N)Oc2cc(O)ccc21. The topological polar surface area (TPSA) is 99.6 Å². The molecule has 31 heavy (non-hydrogen) atoms. The van der Waals surface area contributed by atoms with Crippen molar-refractivity contribution in [2.45, 2.75) is 57.9 Å². The molecule has 2 aromatic carbocycles. The molecule has 3 heterocycles. The number of aromatic hydroxyl groups is 1. The van der Waals surface area contributed by atoms with Crippen LogP contribution in [0.1, 0.15) is 60.9 Å². The van der Waals surface area contributed by atoms with E-state index in [1.807, 2.05) is 18.7 Å². The molecule has 1 amide bonds. The van der Waals surface area contributed by atoms with Gasteiger partial charge < -0.3 is 20.5 Å². The first-order valence-corrected chi connectivity index (χ1v) is 10.5. The molecule has 0 aliphatic carbocycles. The number of nitrogens with two attached hydrogens (primary N) is 1.